The molecule has 0 atom stereocenters. The summed E-state index contributed by atoms with van der Waals surface area (Å²) in [5.41, 5.74) is 2.31. The van der Waals surface area contributed by atoms with Gasteiger partial charge in [-0.25, -0.2) is 4.79 Å². The van der Waals surface area contributed by atoms with Gasteiger partial charge in [-0.2, -0.15) is 0 Å². The predicted octanol–water partition coefficient (Wildman–Crippen LogP) is 5.73. The van der Waals surface area contributed by atoms with Gasteiger partial charge in [0.2, 0.25) is 0 Å². The maximum Gasteiger partial charge on any atom is 0.339 e. The van der Waals surface area contributed by atoms with Crippen molar-refractivity contribution < 1.29 is 20.1 Å². The first kappa shape index (κ1) is 18.6. The highest BCUT2D eigenvalue weighted by molar-refractivity contribution is 6.00. The van der Waals surface area contributed by atoms with Crippen molar-refractivity contribution in [1.82, 2.24) is 0 Å². The number of benzene rings is 4. The number of phenolic OH excluding ortho intramolecular Hbond substituents is 1. The van der Waals surface area contributed by atoms with Gasteiger partial charge in [-0.15, -0.1) is 0 Å². The van der Waals surface area contributed by atoms with Gasteiger partial charge in [-0.1, -0.05) is 55.1 Å². The highest BCUT2D eigenvalue weighted by Gasteiger charge is 2.21. The Hall–Kier alpha value is -3.79. The summed E-state index contributed by atoms with van der Waals surface area (Å²) in [5.74, 6) is -1.37. The standard InChI is InChI=1S/C25H20O4/c1-14(2)19-11-15-7-3-5-9-17(15)20(23(19)26)13-21-18-10-6-4-8-16(18)12-22(24(21)27)25(28)29/h3-12,26-27H,1,13H2,2H3,(H,28,29). The van der Waals surface area contributed by atoms with Crippen LogP contribution in [0.15, 0.2) is 67.2 Å². The van der Waals surface area contributed by atoms with E-state index in [4.69, 9.17) is 0 Å². The van der Waals surface area contributed by atoms with E-state index in [1.54, 1.807) is 0 Å². The molecule has 4 aromatic carbocycles. The van der Waals surface area contributed by atoms with Gasteiger partial charge in [0.15, 0.2) is 0 Å². The Bertz CT molecular complexity index is 1200. The van der Waals surface area contributed by atoms with Gasteiger partial charge in [0.25, 0.3) is 0 Å². The Morgan fingerprint density at radius 2 is 1.28 bits per heavy atom. The van der Waals surface area contributed by atoms with Crippen molar-refractivity contribution in [3.8, 4) is 11.5 Å². The third kappa shape index (κ3) is 3.09. The second-order valence-corrected chi connectivity index (χ2v) is 7.21. The van der Waals surface area contributed by atoms with Crippen molar-refractivity contribution >= 4 is 33.1 Å². The molecule has 0 aliphatic rings. The van der Waals surface area contributed by atoms with Crippen LogP contribution >= 0.6 is 0 Å². The molecule has 3 N–H and O–H groups in total. The molecule has 4 heteroatoms. The lowest BCUT2D eigenvalue weighted by atomic mass is 9.89. The van der Waals surface area contributed by atoms with E-state index in [-0.39, 0.29) is 23.5 Å². The van der Waals surface area contributed by atoms with Gasteiger partial charge >= 0.3 is 5.97 Å². The molecule has 4 rings (SSSR count). The number of carboxylic acid groups (broad SMARTS) is 1. The molecule has 0 aromatic heterocycles. The van der Waals surface area contributed by atoms with Crippen LogP contribution in [0.4, 0.5) is 0 Å². The average Bonchev–Trinajstić information content (AvgIpc) is 2.70. The molecule has 144 valence electrons. The summed E-state index contributed by atoms with van der Waals surface area (Å²) in [5, 5.41) is 34.6. The lowest BCUT2D eigenvalue weighted by molar-refractivity contribution is 0.0693. The molecule has 0 fully saturated rings. The Labute approximate surface area is 168 Å². The fraction of sp³-hybridized carbons (Fsp3) is 0.0800. The summed E-state index contributed by atoms with van der Waals surface area (Å²) in [6.07, 6.45) is 0.181. The third-order valence-corrected chi connectivity index (χ3v) is 5.30. The Balaban J connectivity index is 2.05. The molecule has 0 spiro atoms. The largest absolute Gasteiger partial charge is 0.507 e. The molecule has 0 amide bonds. The van der Waals surface area contributed by atoms with Crippen molar-refractivity contribution in [2.75, 3.05) is 0 Å². The lowest BCUT2D eigenvalue weighted by Crippen LogP contribution is -2.02. The Morgan fingerprint density at radius 1 is 0.828 bits per heavy atom. The second-order valence-electron chi connectivity index (χ2n) is 7.21. The number of aromatic carboxylic acids is 1. The zero-order valence-corrected chi connectivity index (χ0v) is 15.9. The molecule has 4 nitrogen and oxygen atoms in total. The topological polar surface area (TPSA) is 77.8 Å². The number of carbonyl (C=O) groups is 1. The van der Waals surface area contributed by atoms with E-state index in [9.17, 15) is 20.1 Å². The maximum atomic E-state index is 11.7. The van der Waals surface area contributed by atoms with Crippen LogP contribution in [-0.2, 0) is 6.42 Å². The summed E-state index contributed by atoms with van der Waals surface area (Å²) in [6.45, 7) is 5.78. The molecular weight excluding hydrogens is 364 g/mol. The van der Waals surface area contributed by atoms with E-state index in [0.717, 1.165) is 27.1 Å². The summed E-state index contributed by atoms with van der Waals surface area (Å²) in [7, 11) is 0. The minimum absolute atomic E-state index is 0.0976. The minimum Gasteiger partial charge on any atom is -0.507 e. The van der Waals surface area contributed by atoms with Gasteiger partial charge in [0.05, 0.1) is 0 Å². The maximum absolute atomic E-state index is 11.7. The van der Waals surface area contributed by atoms with Crippen molar-refractivity contribution in [2.45, 2.75) is 13.3 Å². The monoisotopic (exact) mass is 384 g/mol. The average molecular weight is 384 g/mol. The molecule has 0 saturated heterocycles. The normalized spacial score (nSPS) is 11.1. The summed E-state index contributed by atoms with van der Waals surface area (Å²) in [6, 6.07) is 18.4. The second kappa shape index (κ2) is 6.99. The number of aromatic hydroxyl groups is 2. The SMILES string of the molecule is C=C(C)c1cc2ccccc2c(Cc2c(O)c(C(=O)O)cc3ccccc23)c1O. The van der Waals surface area contributed by atoms with Crippen molar-refractivity contribution in [1.29, 1.82) is 0 Å². The van der Waals surface area contributed by atoms with Crippen LogP contribution in [0.5, 0.6) is 11.5 Å². The zero-order valence-electron chi connectivity index (χ0n) is 15.9. The first-order valence-electron chi connectivity index (χ1n) is 9.25. The summed E-state index contributed by atoms with van der Waals surface area (Å²) < 4.78 is 0. The van der Waals surface area contributed by atoms with Crippen LogP contribution in [0, 0.1) is 0 Å². The molecule has 4 aromatic rings. The van der Waals surface area contributed by atoms with E-state index < -0.39 is 5.97 Å². The van der Waals surface area contributed by atoms with E-state index in [1.807, 2.05) is 61.5 Å². The third-order valence-electron chi connectivity index (χ3n) is 5.30. The van der Waals surface area contributed by atoms with E-state index in [1.165, 1.54) is 6.07 Å². The van der Waals surface area contributed by atoms with Crippen LogP contribution in [0.1, 0.15) is 34.0 Å². The number of allylic oxidation sites excluding steroid dienone is 1. The number of hydrogen-bond donors (Lipinski definition) is 3. The smallest absolute Gasteiger partial charge is 0.339 e. The molecule has 0 bridgehead atoms. The molecule has 0 heterocycles. The number of phenols is 2. The van der Waals surface area contributed by atoms with Crippen LogP contribution in [0.3, 0.4) is 0 Å². The van der Waals surface area contributed by atoms with Crippen molar-refractivity contribution in [2.24, 2.45) is 0 Å². The fourth-order valence-corrected chi connectivity index (χ4v) is 3.85. The molecule has 0 unspecified atom stereocenters. The first-order valence-corrected chi connectivity index (χ1v) is 9.25. The van der Waals surface area contributed by atoms with Gasteiger partial charge in [-0.3, -0.25) is 0 Å². The van der Waals surface area contributed by atoms with Crippen LogP contribution < -0.4 is 0 Å². The van der Waals surface area contributed by atoms with Gasteiger partial charge in [0.1, 0.15) is 17.1 Å². The molecular formula is C25H20O4. The van der Waals surface area contributed by atoms with Crippen LogP contribution in [-0.4, -0.2) is 21.3 Å². The van der Waals surface area contributed by atoms with Crippen LogP contribution in [0.25, 0.3) is 27.1 Å². The fourth-order valence-electron chi connectivity index (χ4n) is 3.85. The molecule has 0 aliphatic heterocycles. The molecule has 29 heavy (non-hydrogen) atoms. The number of hydrogen-bond acceptors (Lipinski definition) is 3. The highest BCUT2D eigenvalue weighted by atomic mass is 16.4. The van der Waals surface area contributed by atoms with Gasteiger partial charge in [-0.05, 0) is 46.2 Å². The van der Waals surface area contributed by atoms with Crippen LogP contribution in [0.2, 0.25) is 0 Å². The molecule has 0 aliphatic carbocycles. The minimum atomic E-state index is -1.20. The summed E-state index contributed by atoms with van der Waals surface area (Å²) >= 11 is 0. The van der Waals surface area contributed by atoms with Gasteiger partial charge in [0, 0.05) is 23.1 Å². The first-order chi connectivity index (χ1) is 13.9. The van der Waals surface area contributed by atoms with E-state index in [2.05, 4.69) is 6.58 Å². The number of carboxylic acids is 1. The Kier molecular flexibility index (Phi) is 4.47. The lowest BCUT2D eigenvalue weighted by Gasteiger charge is -2.17. The van der Waals surface area contributed by atoms with Gasteiger partial charge < -0.3 is 15.3 Å². The Morgan fingerprint density at radius 3 is 1.76 bits per heavy atom. The van der Waals surface area contributed by atoms with Crippen molar-refractivity contribution in [3.05, 3.63) is 89.5 Å². The highest BCUT2D eigenvalue weighted by Crippen LogP contribution is 2.40. The number of rotatable bonds is 4. The quantitative estimate of drug-likeness (QED) is 0.420. The van der Waals surface area contributed by atoms with Crippen molar-refractivity contribution in [3.63, 3.8) is 0 Å². The summed E-state index contributed by atoms with van der Waals surface area (Å²) in [4.78, 5) is 11.7. The zero-order chi connectivity index (χ0) is 20.7. The molecule has 0 radical (unpaired) electrons. The molecule has 0 saturated carbocycles. The van der Waals surface area contributed by atoms with E-state index >= 15 is 0 Å². The predicted molar refractivity (Wildman–Crippen MR) is 116 cm³/mol. The van der Waals surface area contributed by atoms with E-state index in [0.29, 0.717) is 16.7 Å². The number of fused-ring (bicyclic) bond motifs is 2.